The Morgan fingerprint density at radius 2 is 1.93 bits per heavy atom. The molecular formula is C19H30ClN3O4S. The molecular weight excluding hydrogens is 402 g/mol. The van der Waals surface area contributed by atoms with Gasteiger partial charge in [-0.3, -0.25) is 4.79 Å². The average molecular weight is 432 g/mol. The number of halogens is 1. The fourth-order valence-corrected chi connectivity index (χ4v) is 5.03. The van der Waals surface area contributed by atoms with Gasteiger partial charge in [-0.2, -0.15) is 0 Å². The van der Waals surface area contributed by atoms with Gasteiger partial charge < -0.3 is 15.4 Å². The predicted molar refractivity (Wildman–Crippen MR) is 112 cm³/mol. The van der Waals surface area contributed by atoms with Gasteiger partial charge in [0.15, 0.2) is 0 Å². The second kappa shape index (κ2) is 9.91. The van der Waals surface area contributed by atoms with Gasteiger partial charge in [0, 0.05) is 18.2 Å². The number of nitrogens with one attached hydrogen (secondary N) is 3. The van der Waals surface area contributed by atoms with Crippen LogP contribution in [0.15, 0.2) is 23.1 Å². The summed E-state index contributed by atoms with van der Waals surface area (Å²) in [6.45, 7) is 4.12. The topological polar surface area (TPSA) is 96.5 Å². The highest BCUT2D eigenvalue weighted by Crippen LogP contribution is 2.30. The molecule has 28 heavy (non-hydrogen) atoms. The summed E-state index contributed by atoms with van der Waals surface area (Å²) in [7, 11) is -2.24. The Morgan fingerprint density at radius 1 is 1.25 bits per heavy atom. The summed E-state index contributed by atoms with van der Waals surface area (Å²) in [5, 5.41) is 6.18. The summed E-state index contributed by atoms with van der Waals surface area (Å²) in [5.74, 6) is 1.02. The third-order valence-corrected chi connectivity index (χ3v) is 6.87. The highest BCUT2D eigenvalue weighted by molar-refractivity contribution is 7.89. The fourth-order valence-electron chi connectivity index (χ4n) is 3.53. The summed E-state index contributed by atoms with van der Waals surface area (Å²) >= 11 is 0. The van der Waals surface area contributed by atoms with Crippen molar-refractivity contribution in [3.05, 3.63) is 18.2 Å². The van der Waals surface area contributed by atoms with Crippen molar-refractivity contribution in [3.8, 4) is 5.75 Å². The smallest absolute Gasteiger partial charge is 0.244 e. The molecule has 0 bridgehead atoms. The third-order valence-electron chi connectivity index (χ3n) is 5.33. The molecule has 3 rings (SSSR count). The zero-order valence-corrected chi connectivity index (χ0v) is 18.0. The molecule has 158 valence electrons. The van der Waals surface area contributed by atoms with E-state index < -0.39 is 10.0 Å². The van der Waals surface area contributed by atoms with Gasteiger partial charge in [0.05, 0.1) is 7.11 Å². The van der Waals surface area contributed by atoms with Crippen LogP contribution in [0.1, 0.15) is 39.0 Å². The quantitative estimate of drug-likeness (QED) is 0.587. The Hall–Kier alpha value is -1.35. The van der Waals surface area contributed by atoms with Crippen LogP contribution in [-0.2, 0) is 14.8 Å². The van der Waals surface area contributed by atoms with E-state index in [1.54, 1.807) is 12.1 Å². The maximum atomic E-state index is 12.6. The van der Waals surface area contributed by atoms with Crippen LogP contribution >= 0.6 is 12.4 Å². The SMILES string of the molecule is COc1ccc(NC(=O)CC(C)C2CCNCC2)cc1S(=O)(=O)NC1CC1.Cl. The zero-order valence-electron chi connectivity index (χ0n) is 16.4. The van der Waals surface area contributed by atoms with E-state index in [1.807, 2.05) is 0 Å². The monoisotopic (exact) mass is 431 g/mol. The lowest BCUT2D eigenvalue weighted by molar-refractivity contribution is -0.117. The summed E-state index contributed by atoms with van der Waals surface area (Å²) in [4.78, 5) is 12.5. The number of carbonyl (C=O) groups is 1. The first kappa shape index (κ1) is 22.9. The van der Waals surface area contributed by atoms with Crippen molar-refractivity contribution in [1.29, 1.82) is 0 Å². The molecule has 0 aromatic heterocycles. The Kier molecular flexibility index (Phi) is 8.12. The van der Waals surface area contributed by atoms with Crippen molar-refractivity contribution in [2.45, 2.75) is 50.0 Å². The van der Waals surface area contributed by atoms with Crippen LogP contribution in [0, 0.1) is 11.8 Å². The van der Waals surface area contributed by atoms with E-state index in [0.29, 0.717) is 23.9 Å². The molecule has 9 heteroatoms. The second-order valence-electron chi connectivity index (χ2n) is 7.58. The first-order valence-electron chi connectivity index (χ1n) is 9.60. The van der Waals surface area contributed by atoms with Gasteiger partial charge in [-0.15, -0.1) is 12.4 Å². The summed E-state index contributed by atoms with van der Waals surface area (Å²) in [6, 6.07) is 4.72. The van der Waals surface area contributed by atoms with Crippen molar-refractivity contribution in [3.63, 3.8) is 0 Å². The van der Waals surface area contributed by atoms with Gasteiger partial charge in [0.25, 0.3) is 0 Å². The van der Waals surface area contributed by atoms with Crippen molar-refractivity contribution in [2.75, 3.05) is 25.5 Å². The molecule has 1 saturated carbocycles. The molecule has 1 saturated heterocycles. The molecule has 2 aliphatic rings. The number of sulfonamides is 1. The van der Waals surface area contributed by atoms with Crippen molar-refractivity contribution in [2.24, 2.45) is 11.8 Å². The molecule has 7 nitrogen and oxygen atoms in total. The molecule has 1 atom stereocenters. The number of carbonyl (C=O) groups excluding carboxylic acids is 1. The first-order chi connectivity index (χ1) is 12.9. The number of ether oxygens (including phenoxy) is 1. The number of anilines is 1. The lowest BCUT2D eigenvalue weighted by Crippen LogP contribution is -2.32. The van der Waals surface area contributed by atoms with Crippen LogP contribution in [0.2, 0.25) is 0 Å². The van der Waals surface area contributed by atoms with E-state index in [1.165, 1.54) is 13.2 Å². The van der Waals surface area contributed by atoms with Crippen molar-refractivity contribution in [1.82, 2.24) is 10.0 Å². The number of piperidine rings is 1. The Morgan fingerprint density at radius 3 is 2.54 bits per heavy atom. The summed E-state index contributed by atoms with van der Waals surface area (Å²) < 4.78 is 33.0. The highest BCUT2D eigenvalue weighted by atomic mass is 35.5. The molecule has 1 amide bonds. The number of hydrogen-bond acceptors (Lipinski definition) is 5. The van der Waals surface area contributed by atoms with Crippen LogP contribution in [0.5, 0.6) is 5.75 Å². The van der Waals surface area contributed by atoms with Crippen molar-refractivity contribution < 1.29 is 17.9 Å². The number of benzene rings is 1. The van der Waals surface area contributed by atoms with Crippen molar-refractivity contribution >= 4 is 34.0 Å². The first-order valence-corrected chi connectivity index (χ1v) is 11.1. The van der Waals surface area contributed by atoms with E-state index >= 15 is 0 Å². The molecule has 1 aromatic rings. The van der Waals surface area contributed by atoms with Crippen LogP contribution in [0.25, 0.3) is 0 Å². The zero-order chi connectivity index (χ0) is 19.4. The van der Waals surface area contributed by atoms with Gasteiger partial charge in [-0.25, -0.2) is 13.1 Å². The molecule has 1 aliphatic heterocycles. The number of methoxy groups -OCH3 is 1. The average Bonchev–Trinajstić information content (AvgIpc) is 3.45. The summed E-state index contributed by atoms with van der Waals surface area (Å²) in [5.41, 5.74) is 0.467. The van der Waals surface area contributed by atoms with E-state index in [2.05, 4.69) is 22.3 Å². The van der Waals surface area contributed by atoms with E-state index in [-0.39, 0.29) is 35.0 Å². The van der Waals surface area contributed by atoms with Gasteiger partial charge >= 0.3 is 0 Å². The molecule has 0 radical (unpaired) electrons. The van der Waals surface area contributed by atoms with E-state index in [9.17, 15) is 13.2 Å². The Balaban J connectivity index is 0.00000280. The normalized spacial score (nSPS) is 18.8. The molecule has 1 unspecified atom stereocenters. The maximum Gasteiger partial charge on any atom is 0.244 e. The second-order valence-corrected chi connectivity index (χ2v) is 9.26. The Bertz CT molecular complexity index is 777. The molecule has 3 N–H and O–H groups in total. The van der Waals surface area contributed by atoms with Gasteiger partial charge in [-0.05, 0) is 68.8 Å². The third kappa shape index (κ3) is 6.07. The molecule has 0 spiro atoms. The van der Waals surface area contributed by atoms with Crippen LogP contribution in [0.3, 0.4) is 0 Å². The van der Waals surface area contributed by atoms with Gasteiger partial charge in [-0.1, -0.05) is 6.92 Å². The minimum absolute atomic E-state index is 0. The molecule has 1 heterocycles. The fraction of sp³-hybridized carbons (Fsp3) is 0.632. The van der Waals surface area contributed by atoms with Crippen LogP contribution < -0.4 is 20.1 Å². The standard InChI is InChI=1S/C19H29N3O4S.ClH/c1-13(14-7-9-20-10-8-14)11-19(23)21-16-5-6-17(26-2)18(12-16)27(24,25)22-15-3-4-15;/h5-6,12-15,20,22H,3-4,7-11H2,1-2H3,(H,21,23);1H. The van der Waals surface area contributed by atoms with Gasteiger partial charge in [0.2, 0.25) is 15.9 Å². The number of rotatable bonds is 8. The predicted octanol–water partition coefficient (Wildman–Crippen LogP) is 2.52. The highest BCUT2D eigenvalue weighted by Gasteiger charge is 2.30. The van der Waals surface area contributed by atoms with Gasteiger partial charge in [0.1, 0.15) is 10.6 Å². The lowest BCUT2D eigenvalue weighted by Gasteiger charge is -2.27. The lowest BCUT2D eigenvalue weighted by atomic mass is 9.84. The molecule has 2 fully saturated rings. The van der Waals surface area contributed by atoms with Crippen LogP contribution in [-0.4, -0.2) is 40.6 Å². The molecule has 1 aliphatic carbocycles. The van der Waals surface area contributed by atoms with Crippen LogP contribution in [0.4, 0.5) is 5.69 Å². The molecule has 1 aromatic carbocycles. The number of hydrogen-bond donors (Lipinski definition) is 3. The van der Waals surface area contributed by atoms with E-state index in [0.717, 1.165) is 38.8 Å². The summed E-state index contributed by atoms with van der Waals surface area (Å²) in [6.07, 6.45) is 4.32. The number of amides is 1. The minimum atomic E-state index is -3.67. The van der Waals surface area contributed by atoms with E-state index in [4.69, 9.17) is 4.74 Å². The maximum absolute atomic E-state index is 12.6. The Labute approximate surface area is 173 Å². The largest absolute Gasteiger partial charge is 0.495 e. The minimum Gasteiger partial charge on any atom is -0.495 e.